The Kier molecular flexibility index (Phi) is 5.20. The Morgan fingerprint density at radius 1 is 1.56 bits per heavy atom. The first-order valence-electron chi connectivity index (χ1n) is 7.07. The zero-order valence-electron chi connectivity index (χ0n) is 11.6. The van der Waals surface area contributed by atoms with Gasteiger partial charge in [-0.05, 0) is 38.3 Å². The third-order valence-corrected chi connectivity index (χ3v) is 3.45. The van der Waals surface area contributed by atoms with Gasteiger partial charge in [-0.25, -0.2) is 0 Å². The summed E-state index contributed by atoms with van der Waals surface area (Å²) in [4.78, 5) is 2.36. The number of aromatic amines is 1. The first-order chi connectivity index (χ1) is 8.78. The highest BCUT2D eigenvalue weighted by atomic mass is 16.5. The number of aryl methyl sites for hydroxylation is 1. The van der Waals surface area contributed by atoms with E-state index < -0.39 is 0 Å². The SMILES string of the molecule is CCCc1cc(CN(C)C[C@@H]2CCCOC2)[nH]n1. The van der Waals surface area contributed by atoms with Crippen LogP contribution in [0, 0.1) is 5.92 Å². The summed E-state index contributed by atoms with van der Waals surface area (Å²) in [7, 11) is 2.18. The van der Waals surface area contributed by atoms with E-state index in [9.17, 15) is 0 Å². The van der Waals surface area contributed by atoms with Gasteiger partial charge in [-0.3, -0.25) is 5.10 Å². The molecule has 1 saturated heterocycles. The van der Waals surface area contributed by atoms with E-state index in [0.29, 0.717) is 5.92 Å². The number of aromatic nitrogens is 2. The van der Waals surface area contributed by atoms with Crippen molar-refractivity contribution in [2.45, 2.75) is 39.2 Å². The van der Waals surface area contributed by atoms with E-state index in [1.54, 1.807) is 0 Å². The molecule has 1 aliphatic rings. The maximum Gasteiger partial charge on any atom is 0.0625 e. The first kappa shape index (κ1) is 13.6. The highest BCUT2D eigenvalue weighted by molar-refractivity contribution is 5.08. The third-order valence-electron chi connectivity index (χ3n) is 3.45. The molecule has 0 spiro atoms. The van der Waals surface area contributed by atoms with E-state index in [4.69, 9.17) is 4.74 Å². The summed E-state index contributed by atoms with van der Waals surface area (Å²) in [5, 5.41) is 7.47. The van der Waals surface area contributed by atoms with Gasteiger partial charge >= 0.3 is 0 Å². The van der Waals surface area contributed by atoms with Crippen LogP contribution in [0.5, 0.6) is 0 Å². The number of hydrogen-bond donors (Lipinski definition) is 1. The summed E-state index contributed by atoms with van der Waals surface area (Å²) in [6, 6.07) is 2.19. The molecular formula is C14H25N3O. The highest BCUT2D eigenvalue weighted by Gasteiger charge is 2.16. The van der Waals surface area contributed by atoms with Crippen LogP contribution in [0.15, 0.2) is 6.07 Å². The standard InChI is InChI=1S/C14H25N3O/c1-3-5-13-8-14(16-15-13)10-17(2)9-12-6-4-7-18-11-12/h8,12H,3-7,9-11H2,1-2H3,(H,15,16)/t12-/m0/s1. The molecule has 1 fully saturated rings. The summed E-state index contributed by atoms with van der Waals surface area (Å²) >= 11 is 0. The van der Waals surface area contributed by atoms with Gasteiger partial charge in [0.25, 0.3) is 0 Å². The number of ether oxygens (including phenoxy) is 1. The Bertz CT molecular complexity index is 345. The molecule has 18 heavy (non-hydrogen) atoms. The van der Waals surface area contributed by atoms with Gasteiger partial charge in [-0.1, -0.05) is 13.3 Å². The second-order valence-corrected chi connectivity index (χ2v) is 5.41. The lowest BCUT2D eigenvalue weighted by atomic mass is 10.0. The van der Waals surface area contributed by atoms with Crippen molar-refractivity contribution >= 4 is 0 Å². The van der Waals surface area contributed by atoms with Crippen LogP contribution in [-0.4, -0.2) is 41.9 Å². The fourth-order valence-corrected chi connectivity index (χ4v) is 2.62. The van der Waals surface area contributed by atoms with Crippen LogP contribution in [0.2, 0.25) is 0 Å². The van der Waals surface area contributed by atoms with Gasteiger partial charge in [-0.15, -0.1) is 0 Å². The molecule has 0 unspecified atom stereocenters. The quantitative estimate of drug-likeness (QED) is 0.843. The summed E-state index contributed by atoms with van der Waals surface area (Å²) in [5.41, 5.74) is 2.40. The molecule has 0 aliphatic carbocycles. The average Bonchev–Trinajstić information content (AvgIpc) is 2.78. The number of hydrogen-bond acceptors (Lipinski definition) is 3. The number of nitrogens with one attached hydrogen (secondary N) is 1. The summed E-state index contributed by atoms with van der Waals surface area (Å²) in [6.07, 6.45) is 4.73. The second kappa shape index (κ2) is 6.90. The van der Waals surface area contributed by atoms with E-state index in [1.165, 1.54) is 24.2 Å². The molecule has 0 radical (unpaired) electrons. The fraction of sp³-hybridized carbons (Fsp3) is 0.786. The molecule has 4 nitrogen and oxygen atoms in total. The molecular weight excluding hydrogens is 226 g/mol. The van der Waals surface area contributed by atoms with Crippen LogP contribution in [0.1, 0.15) is 37.6 Å². The van der Waals surface area contributed by atoms with Crippen molar-refractivity contribution in [2.24, 2.45) is 5.92 Å². The van der Waals surface area contributed by atoms with Crippen molar-refractivity contribution < 1.29 is 4.74 Å². The Morgan fingerprint density at radius 3 is 3.17 bits per heavy atom. The summed E-state index contributed by atoms with van der Waals surface area (Å²) in [5.74, 6) is 0.696. The predicted octanol–water partition coefficient (Wildman–Crippen LogP) is 2.22. The van der Waals surface area contributed by atoms with Crippen LogP contribution in [0.4, 0.5) is 0 Å². The van der Waals surface area contributed by atoms with Gasteiger partial charge in [0.2, 0.25) is 0 Å². The lowest BCUT2D eigenvalue weighted by molar-refractivity contribution is 0.0410. The van der Waals surface area contributed by atoms with E-state index in [1.807, 2.05) is 0 Å². The predicted molar refractivity (Wildman–Crippen MR) is 72.5 cm³/mol. The molecule has 2 rings (SSSR count). The first-order valence-corrected chi connectivity index (χ1v) is 7.07. The normalized spacial score (nSPS) is 20.5. The molecule has 1 aliphatic heterocycles. The van der Waals surface area contributed by atoms with Gasteiger partial charge in [0.05, 0.1) is 12.3 Å². The maximum atomic E-state index is 5.52. The van der Waals surface area contributed by atoms with E-state index in [0.717, 1.165) is 39.1 Å². The van der Waals surface area contributed by atoms with Crippen molar-refractivity contribution in [3.63, 3.8) is 0 Å². The van der Waals surface area contributed by atoms with Crippen molar-refractivity contribution in [1.29, 1.82) is 0 Å². The second-order valence-electron chi connectivity index (χ2n) is 5.41. The monoisotopic (exact) mass is 251 g/mol. The Hall–Kier alpha value is -0.870. The van der Waals surface area contributed by atoms with E-state index >= 15 is 0 Å². The third kappa shape index (κ3) is 4.10. The largest absolute Gasteiger partial charge is 0.381 e. The topological polar surface area (TPSA) is 41.1 Å². The Balaban J connectivity index is 1.76. The average molecular weight is 251 g/mol. The maximum absolute atomic E-state index is 5.52. The van der Waals surface area contributed by atoms with Crippen molar-refractivity contribution in [3.8, 4) is 0 Å². The molecule has 0 bridgehead atoms. The molecule has 0 aromatic carbocycles. The number of H-pyrrole nitrogens is 1. The molecule has 4 heteroatoms. The van der Waals surface area contributed by atoms with Gasteiger partial charge < -0.3 is 9.64 Å². The van der Waals surface area contributed by atoms with Crippen LogP contribution in [0.25, 0.3) is 0 Å². The minimum absolute atomic E-state index is 0.696. The number of rotatable bonds is 6. The van der Waals surface area contributed by atoms with E-state index in [-0.39, 0.29) is 0 Å². The Labute approximate surface area is 110 Å². The molecule has 1 atom stereocenters. The molecule has 1 N–H and O–H groups in total. The van der Waals surface area contributed by atoms with Gasteiger partial charge in [0, 0.05) is 25.4 Å². The van der Waals surface area contributed by atoms with Crippen LogP contribution in [-0.2, 0) is 17.7 Å². The minimum Gasteiger partial charge on any atom is -0.381 e. The lowest BCUT2D eigenvalue weighted by Gasteiger charge is -2.26. The van der Waals surface area contributed by atoms with Crippen molar-refractivity contribution in [1.82, 2.24) is 15.1 Å². The minimum atomic E-state index is 0.696. The molecule has 0 saturated carbocycles. The van der Waals surface area contributed by atoms with Crippen LogP contribution >= 0.6 is 0 Å². The zero-order valence-corrected chi connectivity index (χ0v) is 11.6. The van der Waals surface area contributed by atoms with Crippen molar-refractivity contribution in [3.05, 3.63) is 17.5 Å². The number of nitrogens with zero attached hydrogens (tertiary/aromatic N) is 2. The Morgan fingerprint density at radius 2 is 2.44 bits per heavy atom. The van der Waals surface area contributed by atoms with Gasteiger partial charge in [0.1, 0.15) is 0 Å². The molecule has 102 valence electrons. The summed E-state index contributed by atoms with van der Waals surface area (Å²) < 4.78 is 5.52. The van der Waals surface area contributed by atoms with Crippen LogP contribution in [0.3, 0.4) is 0 Å². The molecule has 0 amide bonds. The van der Waals surface area contributed by atoms with Gasteiger partial charge in [0.15, 0.2) is 0 Å². The van der Waals surface area contributed by atoms with Crippen molar-refractivity contribution in [2.75, 3.05) is 26.8 Å². The molecule has 2 heterocycles. The van der Waals surface area contributed by atoms with Crippen LogP contribution < -0.4 is 0 Å². The molecule has 1 aromatic heterocycles. The van der Waals surface area contributed by atoms with Gasteiger partial charge in [-0.2, -0.15) is 5.10 Å². The summed E-state index contributed by atoms with van der Waals surface area (Å²) in [6.45, 7) is 6.12. The molecule has 1 aromatic rings. The smallest absolute Gasteiger partial charge is 0.0625 e. The lowest BCUT2D eigenvalue weighted by Crippen LogP contribution is -2.30. The fourth-order valence-electron chi connectivity index (χ4n) is 2.62. The van der Waals surface area contributed by atoms with E-state index in [2.05, 4.69) is 35.1 Å². The zero-order chi connectivity index (χ0) is 12.8. The highest BCUT2D eigenvalue weighted by Crippen LogP contribution is 2.15.